The molecule has 5 nitrogen and oxygen atoms in total. The Morgan fingerprint density at radius 2 is 2.17 bits per heavy atom. The van der Waals surface area contributed by atoms with Gasteiger partial charge in [-0.3, -0.25) is 4.79 Å². The molecule has 0 saturated carbocycles. The van der Waals surface area contributed by atoms with Crippen molar-refractivity contribution in [2.45, 2.75) is 6.42 Å². The fourth-order valence-electron chi connectivity index (χ4n) is 1.64. The first kappa shape index (κ1) is 11.9. The van der Waals surface area contributed by atoms with Crippen LogP contribution in [0, 0.1) is 11.3 Å². The molecule has 1 heterocycles. The molecule has 2 rings (SSSR count). The van der Waals surface area contributed by atoms with Gasteiger partial charge in [-0.25, -0.2) is 4.98 Å². The van der Waals surface area contributed by atoms with Crippen LogP contribution in [0.4, 0.5) is 5.69 Å². The zero-order valence-corrected chi connectivity index (χ0v) is 9.92. The van der Waals surface area contributed by atoms with E-state index in [1.807, 2.05) is 23.7 Å². The topological polar surface area (TPSA) is 70.7 Å². The molecule has 0 saturated heterocycles. The highest BCUT2D eigenvalue weighted by Gasteiger charge is 2.04. The van der Waals surface area contributed by atoms with Crippen LogP contribution in [0.1, 0.15) is 6.42 Å². The first-order valence-electron chi connectivity index (χ1n) is 5.44. The van der Waals surface area contributed by atoms with Crippen LogP contribution in [0.15, 0.2) is 36.8 Å². The number of amides is 1. The third-order valence-corrected chi connectivity index (χ3v) is 2.52. The second kappa shape index (κ2) is 5.15. The highest BCUT2D eigenvalue weighted by Crippen LogP contribution is 2.20. The van der Waals surface area contributed by atoms with Crippen molar-refractivity contribution in [1.29, 1.82) is 5.26 Å². The van der Waals surface area contributed by atoms with Crippen molar-refractivity contribution in [3.63, 3.8) is 0 Å². The summed E-state index contributed by atoms with van der Waals surface area (Å²) >= 11 is 0. The van der Waals surface area contributed by atoms with Gasteiger partial charge in [-0.2, -0.15) is 5.26 Å². The van der Waals surface area contributed by atoms with Gasteiger partial charge in [0.1, 0.15) is 6.42 Å². The Bertz CT molecular complexity index is 592. The van der Waals surface area contributed by atoms with Crippen LogP contribution in [0.5, 0.6) is 0 Å². The van der Waals surface area contributed by atoms with E-state index < -0.39 is 0 Å². The summed E-state index contributed by atoms with van der Waals surface area (Å²) in [6, 6.07) is 9.22. The first-order valence-corrected chi connectivity index (χ1v) is 5.44. The highest BCUT2D eigenvalue weighted by molar-refractivity contribution is 5.92. The average Bonchev–Trinajstić information content (AvgIpc) is 2.77. The summed E-state index contributed by atoms with van der Waals surface area (Å²) < 4.78 is 1.92. The summed E-state index contributed by atoms with van der Waals surface area (Å²) in [5.41, 5.74) is 2.71. The minimum absolute atomic E-state index is 0.135. The van der Waals surface area contributed by atoms with Gasteiger partial charge in [-0.05, 0) is 17.7 Å². The maximum atomic E-state index is 11.2. The maximum Gasteiger partial charge on any atom is 0.238 e. The van der Waals surface area contributed by atoms with Gasteiger partial charge in [0.15, 0.2) is 0 Å². The van der Waals surface area contributed by atoms with Crippen LogP contribution in [0.25, 0.3) is 11.3 Å². The van der Waals surface area contributed by atoms with Crippen LogP contribution in [-0.2, 0) is 11.8 Å². The Kier molecular flexibility index (Phi) is 3.39. The molecule has 18 heavy (non-hydrogen) atoms. The summed E-state index contributed by atoms with van der Waals surface area (Å²) in [6.45, 7) is 0. The number of rotatable bonds is 3. The number of anilines is 1. The van der Waals surface area contributed by atoms with Gasteiger partial charge in [-0.15, -0.1) is 0 Å². The van der Waals surface area contributed by atoms with Gasteiger partial charge < -0.3 is 9.88 Å². The van der Waals surface area contributed by atoms with E-state index in [0.29, 0.717) is 5.69 Å². The van der Waals surface area contributed by atoms with E-state index in [0.717, 1.165) is 11.3 Å². The highest BCUT2D eigenvalue weighted by atomic mass is 16.1. The standard InChI is InChI=1S/C13H12N4O/c1-17-9-15-8-12(17)10-2-4-11(5-3-10)16-13(18)6-7-14/h2-5,8-9H,6H2,1H3,(H,16,18). The van der Waals surface area contributed by atoms with Crippen molar-refractivity contribution < 1.29 is 4.79 Å². The molecular formula is C13H12N4O. The molecule has 1 aromatic heterocycles. The minimum atomic E-state index is -0.300. The molecule has 1 amide bonds. The molecule has 0 aliphatic carbocycles. The van der Waals surface area contributed by atoms with E-state index in [4.69, 9.17) is 5.26 Å². The third kappa shape index (κ3) is 2.55. The molecule has 1 N–H and O–H groups in total. The molecular weight excluding hydrogens is 228 g/mol. The number of nitrogens with zero attached hydrogens (tertiary/aromatic N) is 3. The summed E-state index contributed by atoms with van der Waals surface area (Å²) in [7, 11) is 1.92. The molecule has 2 aromatic rings. The number of carbonyl (C=O) groups excluding carboxylic acids is 1. The number of aromatic nitrogens is 2. The predicted molar refractivity (Wildman–Crippen MR) is 67.5 cm³/mol. The molecule has 0 radical (unpaired) electrons. The molecule has 0 bridgehead atoms. The van der Waals surface area contributed by atoms with Crippen molar-refractivity contribution in [3.8, 4) is 17.3 Å². The number of benzene rings is 1. The fourth-order valence-corrected chi connectivity index (χ4v) is 1.64. The lowest BCUT2D eigenvalue weighted by Gasteiger charge is -2.05. The van der Waals surface area contributed by atoms with Crippen molar-refractivity contribution in [2.75, 3.05) is 5.32 Å². The third-order valence-electron chi connectivity index (χ3n) is 2.52. The number of carbonyl (C=O) groups is 1. The normalized spacial score (nSPS) is 9.78. The average molecular weight is 240 g/mol. The number of nitriles is 1. The van der Waals surface area contributed by atoms with Gasteiger partial charge >= 0.3 is 0 Å². The van der Waals surface area contributed by atoms with Crippen molar-refractivity contribution >= 4 is 11.6 Å². The van der Waals surface area contributed by atoms with Crippen LogP contribution in [-0.4, -0.2) is 15.5 Å². The fraction of sp³-hybridized carbons (Fsp3) is 0.154. The van der Waals surface area contributed by atoms with Crippen molar-refractivity contribution in [1.82, 2.24) is 9.55 Å². The monoisotopic (exact) mass is 240 g/mol. The van der Waals surface area contributed by atoms with Gasteiger partial charge in [0, 0.05) is 12.7 Å². The Morgan fingerprint density at radius 3 is 2.72 bits per heavy atom. The van der Waals surface area contributed by atoms with E-state index >= 15 is 0 Å². The Balaban J connectivity index is 2.14. The zero-order valence-electron chi connectivity index (χ0n) is 9.92. The molecule has 0 atom stereocenters. The van der Waals surface area contributed by atoms with Crippen molar-refractivity contribution in [2.24, 2.45) is 7.05 Å². The molecule has 0 aliphatic heterocycles. The molecule has 0 fully saturated rings. The number of hydrogen-bond donors (Lipinski definition) is 1. The quantitative estimate of drug-likeness (QED) is 0.891. The van der Waals surface area contributed by atoms with Gasteiger partial charge in [0.2, 0.25) is 5.91 Å². The largest absolute Gasteiger partial charge is 0.334 e. The number of imidazole rings is 1. The van der Waals surface area contributed by atoms with Gasteiger partial charge in [-0.1, -0.05) is 12.1 Å². The van der Waals surface area contributed by atoms with E-state index in [1.165, 1.54) is 0 Å². The molecule has 90 valence electrons. The second-order valence-corrected chi connectivity index (χ2v) is 3.85. The van der Waals surface area contributed by atoms with Crippen LogP contribution >= 0.6 is 0 Å². The summed E-state index contributed by atoms with van der Waals surface area (Å²) in [5, 5.41) is 11.0. The van der Waals surface area contributed by atoms with Crippen LogP contribution < -0.4 is 5.32 Å². The Hall–Kier alpha value is -2.61. The van der Waals surface area contributed by atoms with Crippen LogP contribution in [0.3, 0.4) is 0 Å². The van der Waals surface area contributed by atoms with E-state index in [2.05, 4.69) is 10.3 Å². The summed E-state index contributed by atoms with van der Waals surface area (Å²) in [6.07, 6.45) is 3.38. The van der Waals surface area contributed by atoms with Gasteiger partial charge in [0.05, 0.1) is 24.3 Å². The SMILES string of the molecule is Cn1cncc1-c1ccc(NC(=O)CC#N)cc1. The summed E-state index contributed by atoms with van der Waals surface area (Å²) in [4.78, 5) is 15.3. The van der Waals surface area contributed by atoms with Crippen LogP contribution in [0.2, 0.25) is 0 Å². The van der Waals surface area contributed by atoms with E-state index in [9.17, 15) is 4.79 Å². The second-order valence-electron chi connectivity index (χ2n) is 3.85. The zero-order chi connectivity index (χ0) is 13.0. The molecule has 1 aromatic carbocycles. The van der Waals surface area contributed by atoms with Gasteiger partial charge in [0.25, 0.3) is 0 Å². The van der Waals surface area contributed by atoms with E-state index in [1.54, 1.807) is 30.7 Å². The number of hydrogen-bond acceptors (Lipinski definition) is 3. The first-order chi connectivity index (χ1) is 8.70. The molecule has 0 unspecified atom stereocenters. The lowest BCUT2D eigenvalue weighted by Crippen LogP contribution is -2.09. The predicted octanol–water partition coefficient (Wildman–Crippen LogP) is 1.94. The molecule has 5 heteroatoms. The lowest BCUT2D eigenvalue weighted by molar-refractivity contribution is -0.115. The number of nitrogens with one attached hydrogen (secondary N) is 1. The van der Waals surface area contributed by atoms with E-state index in [-0.39, 0.29) is 12.3 Å². The Morgan fingerprint density at radius 1 is 1.44 bits per heavy atom. The molecule has 0 spiro atoms. The van der Waals surface area contributed by atoms with Crippen molar-refractivity contribution in [3.05, 3.63) is 36.8 Å². The smallest absolute Gasteiger partial charge is 0.238 e. The maximum absolute atomic E-state index is 11.2. The number of aryl methyl sites for hydroxylation is 1. The lowest BCUT2D eigenvalue weighted by atomic mass is 10.1. The molecule has 0 aliphatic rings. The minimum Gasteiger partial charge on any atom is -0.334 e. The Labute approximate surface area is 105 Å². The summed E-state index contributed by atoms with van der Waals surface area (Å²) in [5.74, 6) is -0.300.